The van der Waals surface area contributed by atoms with Crippen LogP contribution in [0, 0.1) is 5.82 Å². The number of carbonyl (C=O) groups is 2. The monoisotopic (exact) mass is 452 g/mol. The molecule has 3 unspecified atom stereocenters. The van der Waals surface area contributed by atoms with E-state index in [4.69, 9.17) is 0 Å². The summed E-state index contributed by atoms with van der Waals surface area (Å²) in [4.78, 5) is 29.6. The minimum absolute atomic E-state index is 0.0356. The highest BCUT2D eigenvalue weighted by Gasteiger charge is 2.34. The van der Waals surface area contributed by atoms with Gasteiger partial charge in [0, 0.05) is 38.6 Å². The van der Waals surface area contributed by atoms with E-state index in [1.54, 1.807) is 21.9 Å². The second-order valence-corrected chi connectivity index (χ2v) is 9.09. The summed E-state index contributed by atoms with van der Waals surface area (Å²) in [5, 5.41) is 0. The van der Waals surface area contributed by atoms with Crippen LogP contribution in [0.5, 0.6) is 0 Å². The van der Waals surface area contributed by atoms with E-state index in [-0.39, 0.29) is 29.7 Å². The Labute approximate surface area is 195 Å². The van der Waals surface area contributed by atoms with Crippen molar-refractivity contribution in [1.29, 1.82) is 0 Å². The Morgan fingerprint density at radius 2 is 1.97 bits per heavy atom. The van der Waals surface area contributed by atoms with E-state index in [2.05, 4.69) is 10.9 Å². The molecule has 0 aromatic heterocycles. The van der Waals surface area contributed by atoms with Gasteiger partial charge < -0.3 is 9.80 Å². The van der Waals surface area contributed by atoms with Gasteiger partial charge in [-0.3, -0.25) is 20.4 Å². The maximum atomic E-state index is 13.5. The lowest BCUT2D eigenvalue weighted by atomic mass is 9.99. The van der Waals surface area contributed by atoms with E-state index < -0.39 is 6.04 Å². The minimum Gasteiger partial charge on any atom is -0.344 e. The third kappa shape index (κ3) is 5.78. The Balaban J connectivity index is 1.32. The lowest BCUT2D eigenvalue weighted by Crippen LogP contribution is -2.46. The Kier molecular flexibility index (Phi) is 7.73. The fourth-order valence-electron chi connectivity index (χ4n) is 4.84. The molecule has 2 aromatic carbocycles. The zero-order chi connectivity index (χ0) is 23.2. The van der Waals surface area contributed by atoms with E-state index in [0.717, 1.165) is 43.2 Å². The van der Waals surface area contributed by atoms with Crippen molar-refractivity contribution in [3.8, 4) is 0 Å². The quantitative estimate of drug-likeness (QED) is 0.641. The van der Waals surface area contributed by atoms with E-state index >= 15 is 0 Å². The molecule has 6 nitrogen and oxygen atoms in total. The Bertz CT molecular complexity index is 954. The molecule has 0 aliphatic carbocycles. The molecule has 0 radical (unpaired) electrons. The van der Waals surface area contributed by atoms with E-state index in [9.17, 15) is 14.0 Å². The largest absolute Gasteiger partial charge is 0.344 e. The van der Waals surface area contributed by atoms with Gasteiger partial charge >= 0.3 is 0 Å². The second-order valence-electron chi connectivity index (χ2n) is 9.09. The Hall–Kier alpha value is -2.77. The first-order valence-electron chi connectivity index (χ1n) is 11.9. The number of nitrogens with one attached hydrogen (secondary N) is 2. The van der Waals surface area contributed by atoms with Crippen molar-refractivity contribution in [3.05, 3.63) is 71.5 Å². The zero-order valence-electron chi connectivity index (χ0n) is 19.2. The molecule has 0 saturated carbocycles. The van der Waals surface area contributed by atoms with Gasteiger partial charge in [-0.2, -0.15) is 0 Å². The van der Waals surface area contributed by atoms with Gasteiger partial charge in [-0.1, -0.05) is 42.5 Å². The minimum atomic E-state index is -0.562. The van der Waals surface area contributed by atoms with E-state index in [1.807, 2.05) is 43.4 Å². The predicted octanol–water partition coefficient (Wildman–Crippen LogP) is 3.73. The van der Waals surface area contributed by atoms with Crippen molar-refractivity contribution < 1.29 is 14.0 Å². The Morgan fingerprint density at radius 1 is 1.15 bits per heavy atom. The topological polar surface area (TPSA) is 64.7 Å². The number of likely N-dealkylation sites (N-methyl/N-ethyl adjacent to an activating group) is 1. The normalized spacial score (nSPS) is 21.8. The Morgan fingerprint density at radius 3 is 2.73 bits per heavy atom. The molecule has 7 heteroatoms. The molecular formula is C26H33FN4O2. The molecule has 0 spiro atoms. The van der Waals surface area contributed by atoms with Crippen LogP contribution in [0.4, 0.5) is 4.39 Å². The highest BCUT2D eigenvalue weighted by molar-refractivity contribution is 5.89. The molecule has 2 amide bonds. The smallest absolute Gasteiger partial charge is 0.249 e. The van der Waals surface area contributed by atoms with Crippen LogP contribution < -0.4 is 10.9 Å². The summed E-state index contributed by atoms with van der Waals surface area (Å²) in [6.07, 6.45) is 4.93. The second kappa shape index (κ2) is 10.9. The molecule has 33 heavy (non-hydrogen) atoms. The highest BCUT2D eigenvalue weighted by Crippen LogP contribution is 2.28. The van der Waals surface area contributed by atoms with Crippen molar-refractivity contribution in [2.45, 2.75) is 56.7 Å². The summed E-state index contributed by atoms with van der Waals surface area (Å²) in [6.45, 7) is 1.24. The van der Waals surface area contributed by atoms with Crippen molar-refractivity contribution in [3.63, 3.8) is 0 Å². The number of piperidine rings is 1. The van der Waals surface area contributed by atoms with Gasteiger partial charge in [0.05, 0.1) is 0 Å². The number of likely N-dealkylation sites (tertiary alicyclic amines) is 1. The first kappa shape index (κ1) is 23.4. The van der Waals surface area contributed by atoms with Gasteiger partial charge in [0.2, 0.25) is 11.8 Å². The number of carbonyl (C=O) groups excluding carboxylic acids is 2. The summed E-state index contributed by atoms with van der Waals surface area (Å²) < 4.78 is 13.5. The first-order valence-corrected chi connectivity index (χ1v) is 11.9. The van der Waals surface area contributed by atoms with Gasteiger partial charge in [0.15, 0.2) is 0 Å². The number of nitrogens with zero attached hydrogens (tertiary/aromatic N) is 2. The van der Waals surface area contributed by atoms with Crippen LogP contribution in [0.2, 0.25) is 0 Å². The van der Waals surface area contributed by atoms with Crippen molar-refractivity contribution in [1.82, 2.24) is 20.7 Å². The van der Waals surface area contributed by atoms with Crippen LogP contribution in [0.15, 0.2) is 54.6 Å². The lowest BCUT2D eigenvalue weighted by molar-refractivity contribution is -0.147. The van der Waals surface area contributed by atoms with Crippen LogP contribution in [0.3, 0.4) is 0 Å². The molecule has 2 N–H and O–H groups in total. The fraction of sp³-hybridized carbons (Fsp3) is 0.462. The number of rotatable bonds is 8. The number of benzene rings is 2. The maximum Gasteiger partial charge on any atom is 0.249 e. The molecule has 2 aliphatic rings. The molecule has 4 rings (SSSR count). The van der Waals surface area contributed by atoms with Crippen LogP contribution >= 0.6 is 0 Å². The SMILES string of the molecule is CN(CCCC1CC(c2cccc(F)c2)NN1)C(=O)C(c1ccccc1)N1CCCCC1=O. The average Bonchev–Trinajstić information content (AvgIpc) is 3.30. The summed E-state index contributed by atoms with van der Waals surface area (Å²) >= 11 is 0. The van der Waals surface area contributed by atoms with Crippen LogP contribution in [0.1, 0.15) is 61.7 Å². The molecule has 3 atom stereocenters. The average molecular weight is 453 g/mol. The first-order chi connectivity index (χ1) is 16.0. The van der Waals surface area contributed by atoms with E-state index in [0.29, 0.717) is 19.5 Å². The molecule has 2 saturated heterocycles. The molecule has 2 aromatic rings. The number of amides is 2. The summed E-state index contributed by atoms with van der Waals surface area (Å²) in [6, 6.07) is 16.1. The number of hydrogen-bond donors (Lipinski definition) is 2. The molecule has 2 aliphatic heterocycles. The third-order valence-electron chi connectivity index (χ3n) is 6.68. The molecule has 176 valence electrons. The molecule has 2 heterocycles. The highest BCUT2D eigenvalue weighted by atomic mass is 19.1. The fourth-order valence-corrected chi connectivity index (χ4v) is 4.84. The van der Waals surface area contributed by atoms with E-state index in [1.165, 1.54) is 6.07 Å². The van der Waals surface area contributed by atoms with Crippen molar-refractivity contribution in [2.75, 3.05) is 20.1 Å². The third-order valence-corrected chi connectivity index (χ3v) is 6.68. The van der Waals surface area contributed by atoms with Gasteiger partial charge in [-0.15, -0.1) is 0 Å². The molecule has 2 fully saturated rings. The number of hydrogen-bond acceptors (Lipinski definition) is 4. The number of halogens is 1. The summed E-state index contributed by atoms with van der Waals surface area (Å²) in [7, 11) is 1.82. The van der Waals surface area contributed by atoms with Gasteiger partial charge in [-0.05, 0) is 55.4 Å². The zero-order valence-corrected chi connectivity index (χ0v) is 19.2. The van der Waals surface area contributed by atoms with Gasteiger partial charge in [-0.25, -0.2) is 4.39 Å². The van der Waals surface area contributed by atoms with Crippen LogP contribution in [-0.4, -0.2) is 47.8 Å². The molecular weight excluding hydrogens is 419 g/mol. The predicted molar refractivity (Wildman–Crippen MR) is 125 cm³/mol. The lowest BCUT2D eigenvalue weighted by Gasteiger charge is -2.36. The van der Waals surface area contributed by atoms with Gasteiger partial charge in [0.1, 0.15) is 11.9 Å². The van der Waals surface area contributed by atoms with Gasteiger partial charge in [0.25, 0.3) is 0 Å². The standard InChI is InChI=1S/C26H33FN4O2/c1-30(15-8-13-22-18-23(29-28-22)20-11-7-12-21(27)17-20)26(33)25(19-9-3-2-4-10-19)31-16-6-5-14-24(31)32/h2-4,7,9-12,17,22-23,25,28-29H,5-6,8,13-16,18H2,1H3. The van der Waals surface area contributed by atoms with Crippen molar-refractivity contribution >= 4 is 11.8 Å². The number of hydrazine groups is 1. The summed E-state index contributed by atoms with van der Waals surface area (Å²) in [5.74, 6) is -0.203. The molecule has 0 bridgehead atoms. The summed E-state index contributed by atoms with van der Waals surface area (Å²) in [5.41, 5.74) is 8.37. The van der Waals surface area contributed by atoms with Crippen LogP contribution in [-0.2, 0) is 9.59 Å². The van der Waals surface area contributed by atoms with Crippen LogP contribution in [0.25, 0.3) is 0 Å². The maximum absolute atomic E-state index is 13.5. The van der Waals surface area contributed by atoms with Crippen molar-refractivity contribution in [2.24, 2.45) is 0 Å².